The summed E-state index contributed by atoms with van der Waals surface area (Å²) in [5, 5.41) is 0. The van der Waals surface area contributed by atoms with Gasteiger partial charge in [0, 0.05) is 19.2 Å². The molecule has 27 heavy (non-hydrogen) atoms. The average molecular weight is 365 g/mol. The first kappa shape index (κ1) is 17.3. The van der Waals surface area contributed by atoms with Crippen LogP contribution in [-0.4, -0.2) is 43.1 Å². The summed E-state index contributed by atoms with van der Waals surface area (Å²) >= 11 is 0. The number of hydrogen-bond acceptors (Lipinski definition) is 5. The third-order valence-electron chi connectivity index (χ3n) is 4.59. The molecule has 0 radical (unpaired) electrons. The van der Waals surface area contributed by atoms with Gasteiger partial charge in [0.1, 0.15) is 11.5 Å². The van der Waals surface area contributed by atoms with Crippen molar-refractivity contribution in [2.24, 2.45) is 0 Å². The number of carbonyl (C=O) groups excluding carboxylic acids is 2. The predicted molar refractivity (Wildman–Crippen MR) is 99.0 cm³/mol. The molecule has 0 atom stereocenters. The molecule has 1 saturated heterocycles. The minimum absolute atomic E-state index is 0.181. The Kier molecular flexibility index (Phi) is 4.64. The normalized spacial score (nSPS) is 17.6. The third-order valence-corrected chi connectivity index (χ3v) is 4.59. The van der Waals surface area contributed by atoms with Crippen LogP contribution < -0.4 is 9.47 Å². The zero-order chi connectivity index (χ0) is 18.8. The molecule has 0 aliphatic carbocycles. The van der Waals surface area contributed by atoms with E-state index in [0.717, 1.165) is 11.1 Å². The second-order valence-corrected chi connectivity index (χ2v) is 6.42. The lowest BCUT2D eigenvalue weighted by Crippen LogP contribution is -2.42. The minimum atomic E-state index is -0.432. The molecule has 0 bridgehead atoms. The number of amides is 1. The Labute approximate surface area is 156 Å². The Bertz CT molecular complexity index is 928. The smallest absolute Gasteiger partial charge is 0.415 e. The quantitative estimate of drug-likeness (QED) is 0.763. The third kappa shape index (κ3) is 3.57. The van der Waals surface area contributed by atoms with Gasteiger partial charge in [0.05, 0.1) is 18.8 Å². The summed E-state index contributed by atoms with van der Waals surface area (Å²) in [4.78, 5) is 26.4. The topological polar surface area (TPSA) is 65.1 Å². The van der Waals surface area contributed by atoms with E-state index in [9.17, 15) is 9.59 Å². The van der Waals surface area contributed by atoms with Crippen molar-refractivity contribution >= 4 is 18.0 Å². The Morgan fingerprint density at radius 3 is 2.70 bits per heavy atom. The summed E-state index contributed by atoms with van der Waals surface area (Å²) in [6, 6.07) is 12.6. The molecule has 4 rings (SSSR count). The molecule has 0 aromatic heterocycles. The van der Waals surface area contributed by atoms with Crippen LogP contribution in [0.1, 0.15) is 21.5 Å². The molecule has 0 N–H and O–H groups in total. The highest BCUT2D eigenvalue weighted by molar-refractivity contribution is 6.14. The first-order valence-corrected chi connectivity index (χ1v) is 8.80. The van der Waals surface area contributed by atoms with Gasteiger partial charge in [0.2, 0.25) is 5.78 Å². The van der Waals surface area contributed by atoms with E-state index in [1.54, 1.807) is 29.2 Å². The highest BCUT2D eigenvalue weighted by Crippen LogP contribution is 2.35. The molecule has 0 spiro atoms. The maximum Gasteiger partial charge on any atom is 0.415 e. The number of fused-ring (bicyclic) bond motifs is 1. The van der Waals surface area contributed by atoms with E-state index in [1.807, 2.05) is 31.2 Å². The minimum Gasteiger partial charge on any atom is -0.452 e. The lowest BCUT2D eigenvalue weighted by atomic mass is 10.1. The van der Waals surface area contributed by atoms with Crippen molar-refractivity contribution in [3.63, 3.8) is 0 Å². The van der Waals surface area contributed by atoms with Crippen molar-refractivity contribution in [1.29, 1.82) is 0 Å². The van der Waals surface area contributed by atoms with Crippen LogP contribution in [0.15, 0.2) is 48.2 Å². The van der Waals surface area contributed by atoms with E-state index in [2.05, 4.69) is 0 Å². The van der Waals surface area contributed by atoms with Crippen molar-refractivity contribution in [3.8, 4) is 11.5 Å². The maximum absolute atomic E-state index is 12.6. The van der Waals surface area contributed by atoms with E-state index >= 15 is 0 Å². The molecule has 1 amide bonds. The number of Topliss-reactive ketones (excluding diaryl/α,β-unsaturated/α-hetero) is 1. The molecule has 2 aliphatic rings. The van der Waals surface area contributed by atoms with Gasteiger partial charge in [-0.25, -0.2) is 4.79 Å². The summed E-state index contributed by atoms with van der Waals surface area (Å²) in [6.07, 6.45) is 1.30. The van der Waals surface area contributed by atoms with E-state index in [4.69, 9.17) is 14.2 Å². The number of ketones is 1. The van der Waals surface area contributed by atoms with E-state index < -0.39 is 6.09 Å². The number of nitrogens with zero attached hydrogens (tertiary/aromatic N) is 1. The van der Waals surface area contributed by atoms with E-state index in [1.165, 1.54) is 0 Å². The van der Waals surface area contributed by atoms with Gasteiger partial charge >= 0.3 is 6.09 Å². The molecule has 2 aromatic rings. The van der Waals surface area contributed by atoms with Crippen LogP contribution in [0.4, 0.5) is 4.79 Å². The van der Waals surface area contributed by atoms with Crippen LogP contribution >= 0.6 is 0 Å². The van der Waals surface area contributed by atoms with Crippen LogP contribution in [0.3, 0.4) is 0 Å². The number of aryl methyl sites for hydroxylation is 1. The molecule has 2 aromatic carbocycles. The lowest BCUT2D eigenvalue weighted by molar-refractivity contribution is 0.0416. The van der Waals surface area contributed by atoms with Gasteiger partial charge in [0.25, 0.3) is 0 Å². The standard InChI is InChI=1S/C21H19NO5/c1-14-4-2-3-5-15(14)12-19-20(23)17-7-6-16(13-18(17)27-19)26-21(24)22-8-10-25-11-9-22/h2-7,12-13H,8-11H2,1H3/b19-12-. The Balaban J connectivity index is 1.52. The number of morpholine rings is 1. The number of benzene rings is 2. The summed E-state index contributed by atoms with van der Waals surface area (Å²) in [5.41, 5.74) is 2.44. The largest absolute Gasteiger partial charge is 0.452 e. The number of rotatable bonds is 2. The maximum atomic E-state index is 12.6. The molecule has 0 saturated carbocycles. The van der Waals surface area contributed by atoms with Crippen LogP contribution in [0.5, 0.6) is 11.5 Å². The zero-order valence-electron chi connectivity index (χ0n) is 14.9. The van der Waals surface area contributed by atoms with Gasteiger partial charge in [-0.1, -0.05) is 24.3 Å². The van der Waals surface area contributed by atoms with Gasteiger partial charge in [-0.3, -0.25) is 4.79 Å². The van der Waals surface area contributed by atoms with Crippen LogP contribution in [0, 0.1) is 6.92 Å². The first-order valence-electron chi connectivity index (χ1n) is 8.80. The van der Waals surface area contributed by atoms with Crippen molar-refractivity contribution in [3.05, 3.63) is 64.9 Å². The van der Waals surface area contributed by atoms with Gasteiger partial charge in [-0.2, -0.15) is 0 Å². The second kappa shape index (κ2) is 7.25. The SMILES string of the molecule is Cc1ccccc1/C=C1\Oc2cc(OC(=O)N3CCOCC3)ccc2C1=O. The Morgan fingerprint density at radius 2 is 1.93 bits per heavy atom. The molecule has 138 valence electrons. The zero-order valence-corrected chi connectivity index (χ0v) is 14.9. The first-order chi connectivity index (χ1) is 13.1. The number of carbonyl (C=O) groups is 2. The van der Waals surface area contributed by atoms with E-state index in [0.29, 0.717) is 43.4 Å². The lowest BCUT2D eigenvalue weighted by Gasteiger charge is -2.25. The Hall–Kier alpha value is -3.12. The van der Waals surface area contributed by atoms with Crippen LogP contribution in [-0.2, 0) is 4.74 Å². The van der Waals surface area contributed by atoms with Crippen molar-refractivity contribution in [1.82, 2.24) is 4.90 Å². The van der Waals surface area contributed by atoms with Crippen LogP contribution in [0.2, 0.25) is 0 Å². The second-order valence-electron chi connectivity index (χ2n) is 6.42. The van der Waals surface area contributed by atoms with Crippen molar-refractivity contribution < 1.29 is 23.8 Å². The van der Waals surface area contributed by atoms with Crippen LogP contribution in [0.25, 0.3) is 6.08 Å². The fraction of sp³-hybridized carbons (Fsp3) is 0.238. The molecular formula is C21H19NO5. The van der Waals surface area contributed by atoms with Gasteiger partial charge in [0.15, 0.2) is 5.76 Å². The fourth-order valence-corrected chi connectivity index (χ4v) is 3.03. The van der Waals surface area contributed by atoms with Gasteiger partial charge in [-0.15, -0.1) is 0 Å². The molecule has 6 nitrogen and oxygen atoms in total. The average Bonchev–Trinajstić information content (AvgIpc) is 2.99. The number of ether oxygens (including phenoxy) is 3. The summed E-state index contributed by atoms with van der Waals surface area (Å²) in [5.74, 6) is 0.817. The molecular weight excluding hydrogens is 346 g/mol. The predicted octanol–water partition coefficient (Wildman–Crippen LogP) is 3.44. The molecule has 2 aliphatic heterocycles. The summed E-state index contributed by atoms with van der Waals surface area (Å²) in [7, 11) is 0. The molecule has 0 unspecified atom stereocenters. The highest BCUT2D eigenvalue weighted by atomic mass is 16.6. The monoisotopic (exact) mass is 365 g/mol. The number of allylic oxidation sites excluding steroid dienone is 1. The molecule has 6 heteroatoms. The summed E-state index contributed by atoms with van der Waals surface area (Å²) in [6.45, 7) is 3.99. The summed E-state index contributed by atoms with van der Waals surface area (Å²) < 4.78 is 16.4. The Morgan fingerprint density at radius 1 is 1.15 bits per heavy atom. The number of hydrogen-bond donors (Lipinski definition) is 0. The van der Waals surface area contributed by atoms with Crippen molar-refractivity contribution in [2.45, 2.75) is 6.92 Å². The van der Waals surface area contributed by atoms with Crippen molar-refractivity contribution in [2.75, 3.05) is 26.3 Å². The van der Waals surface area contributed by atoms with Gasteiger partial charge < -0.3 is 19.1 Å². The van der Waals surface area contributed by atoms with Gasteiger partial charge in [-0.05, 0) is 36.3 Å². The molecule has 1 fully saturated rings. The highest BCUT2D eigenvalue weighted by Gasteiger charge is 2.28. The van der Waals surface area contributed by atoms with E-state index in [-0.39, 0.29) is 11.5 Å². The molecule has 2 heterocycles. The fourth-order valence-electron chi connectivity index (χ4n) is 3.03.